The van der Waals surface area contributed by atoms with Crippen LogP contribution in [0.1, 0.15) is 16.7 Å². The van der Waals surface area contributed by atoms with Crippen molar-refractivity contribution in [1.29, 1.82) is 0 Å². The predicted molar refractivity (Wildman–Crippen MR) is 99.7 cm³/mol. The maximum absolute atomic E-state index is 12.2. The number of aryl methyl sites for hydroxylation is 2. The second-order valence-corrected chi connectivity index (χ2v) is 7.41. The third kappa shape index (κ3) is 3.74. The maximum atomic E-state index is 12.2. The quantitative estimate of drug-likeness (QED) is 0.691. The third-order valence-electron chi connectivity index (χ3n) is 3.78. The van der Waals surface area contributed by atoms with Gasteiger partial charge < -0.3 is 5.32 Å². The SMILES string of the molecule is CSc1ccc2nc(NC(=O)Cc3ccc(C)c(C)c3)sc2c1. The van der Waals surface area contributed by atoms with Crippen LogP contribution in [0.2, 0.25) is 0 Å². The van der Waals surface area contributed by atoms with Crippen molar-refractivity contribution in [3.63, 3.8) is 0 Å². The van der Waals surface area contributed by atoms with Crippen molar-refractivity contribution in [2.75, 3.05) is 11.6 Å². The van der Waals surface area contributed by atoms with Crippen LogP contribution in [0, 0.1) is 13.8 Å². The highest BCUT2D eigenvalue weighted by atomic mass is 32.2. The van der Waals surface area contributed by atoms with E-state index in [2.05, 4.69) is 48.6 Å². The lowest BCUT2D eigenvalue weighted by atomic mass is 10.0. The molecule has 118 valence electrons. The van der Waals surface area contributed by atoms with Gasteiger partial charge in [-0.2, -0.15) is 0 Å². The average molecular weight is 342 g/mol. The highest BCUT2D eigenvalue weighted by Crippen LogP contribution is 2.29. The summed E-state index contributed by atoms with van der Waals surface area (Å²) in [6.45, 7) is 4.14. The Hall–Kier alpha value is -1.85. The first-order chi connectivity index (χ1) is 11.0. The molecule has 0 saturated carbocycles. The number of carbonyl (C=O) groups excluding carboxylic acids is 1. The van der Waals surface area contributed by atoms with Crippen LogP contribution >= 0.6 is 23.1 Å². The molecular formula is C18H18N2OS2. The van der Waals surface area contributed by atoms with Crippen LogP contribution in [0.15, 0.2) is 41.3 Å². The normalized spacial score (nSPS) is 10.9. The summed E-state index contributed by atoms with van der Waals surface area (Å²) in [5.41, 5.74) is 4.40. The first-order valence-corrected chi connectivity index (χ1v) is 9.40. The molecule has 1 N–H and O–H groups in total. The summed E-state index contributed by atoms with van der Waals surface area (Å²) in [4.78, 5) is 17.9. The number of amides is 1. The smallest absolute Gasteiger partial charge is 0.230 e. The number of carbonyl (C=O) groups is 1. The van der Waals surface area contributed by atoms with Gasteiger partial charge in [0.1, 0.15) is 0 Å². The number of nitrogens with zero attached hydrogens (tertiary/aromatic N) is 1. The van der Waals surface area contributed by atoms with Gasteiger partial charge in [-0.3, -0.25) is 4.79 Å². The Kier molecular flexibility index (Phi) is 4.68. The fourth-order valence-corrected chi connectivity index (χ4v) is 3.78. The molecule has 0 bridgehead atoms. The molecule has 5 heteroatoms. The Balaban J connectivity index is 1.73. The lowest BCUT2D eigenvalue weighted by Crippen LogP contribution is -2.14. The van der Waals surface area contributed by atoms with E-state index in [1.165, 1.54) is 27.4 Å². The van der Waals surface area contributed by atoms with Crippen LogP contribution in [0.3, 0.4) is 0 Å². The maximum Gasteiger partial charge on any atom is 0.230 e. The Morgan fingerprint density at radius 1 is 1.17 bits per heavy atom. The second-order valence-electron chi connectivity index (χ2n) is 5.50. The minimum absolute atomic E-state index is 0.0302. The van der Waals surface area contributed by atoms with E-state index in [1.807, 2.05) is 18.2 Å². The number of rotatable bonds is 4. The zero-order valence-corrected chi connectivity index (χ0v) is 15.0. The van der Waals surface area contributed by atoms with Gasteiger partial charge in [0, 0.05) is 4.90 Å². The minimum Gasteiger partial charge on any atom is -0.302 e. The first-order valence-electron chi connectivity index (χ1n) is 7.36. The van der Waals surface area contributed by atoms with Crippen molar-refractivity contribution in [2.45, 2.75) is 25.2 Å². The molecule has 0 spiro atoms. The molecule has 3 rings (SSSR count). The molecule has 0 unspecified atom stereocenters. The van der Waals surface area contributed by atoms with Gasteiger partial charge in [0.15, 0.2) is 5.13 Å². The standard InChI is InChI=1S/C18H18N2OS2/c1-11-4-5-13(8-12(11)2)9-17(21)20-18-19-15-7-6-14(22-3)10-16(15)23-18/h4-8,10H,9H2,1-3H3,(H,19,20,21). The van der Waals surface area contributed by atoms with Gasteiger partial charge in [0.25, 0.3) is 0 Å². The lowest BCUT2D eigenvalue weighted by molar-refractivity contribution is -0.115. The molecule has 0 aliphatic rings. The van der Waals surface area contributed by atoms with Crippen molar-refractivity contribution < 1.29 is 4.79 Å². The number of nitrogens with one attached hydrogen (secondary N) is 1. The Morgan fingerprint density at radius 2 is 2.00 bits per heavy atom. The molecule has 0 saturated heterocycles. The predicted octanol–water partition coefficient (Wildman–Crippen LogP) is 4.82. The zero-order chi connectivity index (χ0) is 16.4. The molecular weight excluding hydrogens is 324 g/mol. The van der Waals surface area contributed by atoms with Crippen molar-refractivity contribution in [3.05, 3.63) is 53.1 Å². The number of hydrogen-bond donors (Lipinski definition) is 1. The van der Waals surface area contributed by atoms with Gasteiger partial charge >= 0.3 is 0 Å². The number of thiazole rings is 1. The number of hydrogen-bond acceptors (Lipinski definition) is 4. The summed E-state index contributed by atoms with van der Waals surface area (Å²) in [7, 11) is 0. The van der Waals surface area contributed by atoms with Crippen LogP contribution in [-0.4, -0.2) is 17.1 Å². The molecule has 1 amide bonds. The van der Waals surface area contributed by atoms with Gasteiger partial charge in [-0.15, -0.1) is 11.8 Å². The van der Waals surface area contributed by atoms with Crippen LogP contribution in [0.4, 0.5) is 5.13 Å². The zero-order valence-electron chi connectivity index (χ0n) is 13.3. The van der Waals surface area contributed by atoms with E-state index in [1.54, 1.807) is 11.8 Å². The van der Waals surface area contributed by atoms with Crippen LogP contribution in [-0.2, 0) is 11.2 Å². The fourth-order valence-electron chi connectivity index (χ4n) is 2.35. The van der Waals surface area contributed by atoms with E-state index in [9.17, 15) is 4.79 Å². The summed E-state index contributed by atoms with van der Waals surface area (Å²) in [6.07, 6.45) is 2.42. The fraction of sp³-hybridized carbons (Fsp3) is 0.222. The summed E-state index contributed by atoms with van der Waals surface area (Å²) in [6, 6.07) is 12.3. The van der Waals surface area contributed by atoms with Gasteiger partial charge in [-0.05, 0) is 55.0 Å². The Morgan fingerprint density at radius 3 is 2.74 bits per heavy atom. The van der Waals surface area contributed by atoms with Crippen LogP contribution < -0.4 is 5.32 Å². The lowest BCUT2D eigenvalue weighted by Gasteiger charge is -2.05. The molecule has 2 aromatic carbocycles. The van der Waals surface area contributed by atoms with E-state index in [0.29, 0.717) is 11.6 Å². The highest BCUT2D eigenvalue weighted by molar-refractivity contribution is 7.98. The van der Waals surface area contributed by atoms with E-state index in [4.69, 9.17) is 0 Å². The van der Waals surface area contributed by atoms with E-state index >= 15 is 0 Å². The van der Waals surface area contributed by atoms with E-state index in [-0.39, 0.29) is 5.91 Å². The Bertz CT molecular complexity index is 871. The molecule has 0 atom stereocenters. The van der Waals surface area contributed by atoms with E-state index in [0.717, 1.165) is 15.8 Å². The van der Waals surface area contributed by atoms with Crippen molar-refractivity contribution in [1.82, 2.24) is 4.98 Å². The van der Waals surface area contributed by atoms with E-state index < -0.39 is 0 Å². The van der Waals surface area contributed by atoms with Crippen molar-refractivity contribution in [3.8, 4) is 0 Å². The highest BCUT2D eigenvalue weighted by Gasteiger charge is 2.09. The van der Waals surface area contributed by atoms with Crippen LogP contribution in [0.5, 0.6) is 0 Å². The number of anilines is 1. The Labute approximate surface area is 144 Å². The molecule has 3 aromatic rings. The number of fused-ring (bicyclic) bond motifs is 1. The molecule has 0 fully saturated rings. The van der Waals surface area contributed by atoms with Gasteiger partial charge in [-0.1, -0.05) is 29.5 Å². The molecule has 0 aliphatic heterocycles. The van der Waals surface area contributed by atoms with Crippen molar-refractivity contribution >= 4 is 44.4 Å². The van der Waals surface area contributed by atoms with Gasteiger partial charge in [0.2, 0.25) is 5.91 Å². The van der Waals surface area contributed by atoms with Gasteiger partial charge in [-0.25, -0.2) is 4.98 Å². The monoisotopic (exact) mass is 342 g/mol. The van der Waals surface area contributed by atoms with Crippen molar-refractivity contribution in [2.24, 2.45) is 0 Å². The van der Waals surface area contributed by atoms with Gasteiger partial charge in [0.05, 0.1) is 16.6 Å². The average Bonchev–Trinajstić information content (AvgIpc) is 2.91. The summed E-state index contributed by atoms with van der Waals surface area (Å²) >= 11 is 3.22. The summed E-state index contributed by atoms with van der Waals surface area (Å²) in [5.74, 6) is -0.0302. The number of aromatic nitrogens is 1. The second kappa shape index (κ2) is 6.72. The minimum atomic E-state index is -0.0302. The number of benzene rings is 2. The van der Waals surface area contributed by atoms with Crippen LogP contribution in [0.25, 0.3) is 10.2 Å². The molecule has 1 aromatic heterocycles. The topological polar surface area (TPSA) is 42.0 Å². The number of thioether (sulfide) groups is 1. The third-order valence-corrected chi connectivity index (χ3v) is 5.44. The molecule has 0 aliphatic carbocycles. The molecule has 23 heavy (non-hydrogen) atoms. The molecule has 0 radical (unpaired) electrons. The molecule has 1 heterocycles. The summed E-state index contributed by atoms with van der Waals surface area (Å²) in [5, 5.41) is 3.57. The molecule has 3 nitrogen and oxygen atoms in total. The first kappa shape index (κ1) is 16.0. The summed E-state index contributed by atoms with van der Waals surface area (Å²) < 4.78 is 1.10. The largest absolute Gasteiger partial charge is 0.302 e.